The number of nitrogens with one attached hydrogen (secondary N) is 1. The van der Waals surface area contributed by atoms with Crippen LogP contribution in [0.5, 0.6) is 0 Å². The van der Waals surface area contributed by atoms with Crippen LogP contribution in [0.4, 0.5) is 0 Å². The van der Waals surface area contributed by atoms with Gasteiger partial charge in [0.05, 0.1) is 6.04 Å². The van der Waals surface area contributed by atoms with Crippen LogP contribution in [0.2, 0.25) is 0 Å². The molecule has 0 bridgehead atoms. The summed E-state index contributed by atoms with van der Waals surface area (Å²) in [6.45, 7) is 5.52. The highest BCUT2D eigenvalue weighted by molar-refractivity contribution is 9.10. The Morgan fingerprint density at radius 1 is 1.32 bits per heavy atom. The Morgan fingerprint density at radius 2 is 2.16 bits per heavy atom. The van der Waals surface area contributed by atoms with Gasteiger partial charge in [0.25, 0.3) is 0 Å². The maximum absolute atomic E-state index is 3.73. The van der Waals surface area contributed by atoms with E-state index in [-0.39, 0.29) is 0 Å². The van der Waals surface area contributed by atoms with Crippen LogP contribution in [0.3, 0.4) is 0 Å². The van der Waals surface area contributed by atoms with E-state index >= 15 is 0 Å². The molecule has 1 unspecified atom stereocenters. The zero-order valence-corrected chi connectivity index (χ0v) is 13.6. The molecule has 1 aromatic carbocycles. The minimum Gasteiger partial charge on any atom is -0.307 e. The van der Waals surface area contributed by atoms with Gasteiger partial charge in [-0.15, -0.1) is 0 Å². The van der Waals surface area contributed by atoms with Crippen molar-refractivity contribution in [3.05, 3.63) is 45.4 Å². The zero-order valence-electron chi connectivity index (χ0n) is 12.0. The van der Waals surface area contributed by atoms with Crippen molar-refractivity contribution >= 4 is 15.9 Å². The molecular formula is C17H24BrN. The Bertz CT molecular complexity index is 451. The summed E-state index contributed by atoms with van der Waals surface area (Å²) >= 11 is 3.66. The lowest BCUT2D eigenvalue weighted by Gasteiger charge is -2.26. The lowest BCUT2D eigenvalue weighted by Crippen LogP contribution is -2.25. The second-order valence-electron chi connectivity index (χ2n) is 5.37. The van der Waals surface area contributed by atoms with E-state index in [1.165, 1.54) is 47.7 Å². The summed E-state index contributed by atoms with van der Waals surface area (Å²) in [4.78, 5) is 0. The van der Waals surface area contributed by atoms with Gasteiger partial charge in [-0.25, -0.2) is 0 Å². The molecule has 1 atom stereocenters. The highest BCUT2D eigenvalue weighted by Crippen LogP contribution is 2.33. The van der Waals surface area contributed by atoms with Crippen molar-refractivity contribution in [1.29, 1.82) is 0 Å². The summed E-state index contributed by atoms with van der Waals surface area (Å²) in [5.41, 5.74) is 4.37. The quantitative estimate of drug-likeness (QED) is 0.726. The molecular weight excluding hydrogens is 298 g/mol. The van der Waals surface area contributed by atoms with Gasteiger partial charge in [-0.3, -0.25) is 0 Å². The molecule has 0 saturated carbocycles. The largest absolute Gasteiger partial charge is 0.307 e. The first-order chi connectivity index (χ1) is 9.24. The fourth-order valence-electron chi connectivity index (χ4n) is 2.79. The second-order valence-corrected chi connectivity index (χ2v) is 6.22. The molecule has 1 N–H and O–H groups in total. The first-order valence-electron chi connectivity index (χ1n) is 7.41. The Hall–Kier alpha value is -0.600. The molecule has 2 rings (SSSR count). The average molecular weight is 322 g/mol. The van der Waals surface area contributed by atoms with E-state index in [1.54, 1.807) is 5.57 Å². The molecule has 1 aromatic rings. The molecule has 104 valence electrons. The summed E-state index contributed by atoms with van der Waals surface area (Å²) in [6.07, 6.45) is 8.80. The third-order valence-corrected chi connectivity index (χ3v) is 4.78. The molecule has 0 aromatic heterocycles. The molecule has 0 spiro atoms. The predicted molar refractivity (Wildman–Crippen MR) is 86.5 cm³/mol. The van der Waals surface area contributed by atoms with E-state index in [2.05, 4.69) is 59.4 Å². The monoisotopic (exact) mass is 321 g/mol. The number of rotatable bonds is 5. The number of halogens is 1. The minimum atomic E-state index is 0.401. The Kier molecular flexibility index (Phi) is 5.65. The van der Waals surface area contributed by atoms with Crippen molar-refractivity contribution in [2.24, 2.45) is 0 Å². The molecule has 0 amide bonds. The lowest BCUT2D eigenvalue weighted by molar-refractivity contribution is 0.545. The summed E-state index contributed by atoms with van der Waals surface area (Å²) in [5.74, 6) is 0. The van der Waals surface area contributed by atoms with Crippen LogP contribution in [-0.4, -0.2) is 6.54 Å². The molecule has 2 heteroatoms. The summed E-state index contributed by atoms with van der Waals surface area (Å²) in [5, 5.41) is 3.73. The van der Waals surface area contributed by atoms with E-state index in [0.29, 0.717) is 6.04 Å². The third kappa shape index (κ3) is 3.70. The summed E-state index contributed by atoms with van der Waals surface area (Å²) in [7, 11) is 0. The minimum absolute atomic E-state index is 0.401. The van der Waals surface area contributed by atoms with Gasteiger partial charge in [-0.05, 0) is 62.8 Å². The SMILES string of the molecule is CCCNC(C1=CCCCC1)c1cccc(Br)c1C. The summed E-state index contributed by atoms with van der Waals surface area (Å²) in [6, 6.07) is 6.95. The van der Waals surface area contributed by atoms with Crippen LogP contribution < -0.4 is 5.32 Å². The zero-order chi connectivity index (χ0) is 13.7. The van der Waals surface area contributed by atoms with Crippen molar-refractivity contribution < 1.29 is 0 Å². The number of hydrogen-bond donors (Lipinski definition) is 1. The number of benzene rings is 1. The first kappa shape index (κ1) is 14.8. The van der Waals surface area contributed by atoms with Crippen molar-refractivity contribution in [1.82, 2.24) is 5.32 Å². The Balaban J connectivity index is 2.30. The predicted octanol–water partition coefficient (Wildman–Crippen LogP) is 5.30. The van der Waals surface area contributed by atoms with Crippen LogP contribution in [0.15, 0.2) is 34.3 Å². The number of allylic oxidation sites excluding steroid dienone is 1. The van der Waals surface area contributed by atoms with Crippen molar-refractivity contribution in [3.8, 4) is 0 Å². The van der Waals surface area contributed by atoms with Gasteiger partial charge in [0.15, 0.2) is 0 Å². The highest BCUT2D eigenvalue weighted by Gasteiger charge is 2.19. The van der Waals surface area contributed by atoms with Crippen LogP contribution in [-0.2, 0) is 0 Å². The van der Waals surface area contributed by atoms with Gasteiger partial charge < -0.3 is 5.32 Å². The molecule has 1 aliphatic carbocycles. The molecule has 1 aliphatic rings. The third-order valence-electron chi connectivity index (χ3n) is 3.92. The van der Waals surface area contributed by atoms with E-state index in [9.17, 15) is 0 Å². The fraction of sp³-hybridized carbons (Fsp3) is 0.529. The Morgan fingerprint density at radius 3 is 2.84 bits per heavy atom. The Labute approximate surface area is 125 Å². The van der Waals surface area contributed by atoms with Gasteiger partial charge >= 0.3 is 0 Å². The maximum atomic E-state index is 3.73. The lowest BCUT2D eigenvalue weighted by atomic mass is 9.88. The van der Waals surface area contributed by atoms with E-state index < -0.39 is 0 Å². The van der Waals surface area contributed by atoms with Gasteiger partial charge in [-0.2, -0.15) is 0 Å². The average Bonchev–Trinajstić information content (AvgIpc) is 2.45. The van der Waals surface area contributed by atoms with Crippen LogP contribution in [0, 0.1) is 6.92 Å². The van der Waals surface area contributed by atoms with Gasteiger partial charge in [0, 0.05) is 4.47 Å². The second kappa shape index (κ2) is 7.25. The molecule has 0 fully saturated rings. The standard InChI is InChI=1S/C17H24BrN/c1-3-12-19-17(14-8-5-4-6-9-14)15-10-7-11-16(18)13(15)2/h7-8,10-11,17,19H,3-6,9,12H2,1-2H3. The van der Waals surface area contributed by atoms with Crippen molar-refractivity contribution in [2.75, 3.05) is 6.54 Å². The maximum Gasteiger partial charge on any atom is 0.0539 e. The van der Waals surface area contributed by atoms with Crippen LogP contribution in [0.1, 0.15) is 56.2 Å². The van der Waals surface area contributed by atoms with Gasteiger partial charge in [-0.1, -0.05) is 46.6 Å². The smallest absolute Gasteiger partial charge is 0.0539 e. The number of hydrogen-bond acceptors (Lipinski definition) is 1. The molecule has 0 saturated heterocycles. The van der Waals surface area contributed by atoms with Gasteiger partial charge in [0.2, 0.25) is 0 Å². The normalized spacial score (nSPS) is 17.1. The van der Waals surface area contributed by atoms with E-state index in [0.717, 1.165) is 6.54 Å². The van der Waals surface area contributed by atoms with Crippen LogP contribution in [0.25, 0.3) is 0 Å². The van der Waals surface area contributed by atoms with Crippen molar-refractivity contribution in [3.63, 3.8) is 0 Å². The van der Waals surface area contributed by atoms with Crippen LogP contribution >= 0.6 is 15.9 Å². The molecule has 19 heavy (non-hydrogen) atoms. The topological polar surface area (TPSA) is 12.0 Å². The van der Waals surface area contributed by atoms with Gasteiger partial charge in [0.1, 0.15) is 0 Å². The molecule has 1 nitrogen and oxygen atoms in total. The molecule has 0 radical (unpaired) electrons. The summed E-state index contributed by atoms with van der Waals surface area (Å²) < 4.78 is 1.21. The van der Waals surface area contributed by atoms with E-state index in [1.807, 2.05) is 0 Å². The molecule has 0 heterocycles. The van der Waals surface area contributed by atoms with E-state index in [4.69, 9.17) is 0 Å². The molecule has 0 aliphatic heterocycles. The van der Waals surface area contributed by atoms with Crippen molar-refractivity contribution in [2.45, 2.75) is 52.0 Å². The fourth-order valence-corrected chi connectivity index (χ4v) is 3.17. The first-order valence-corrected chi connectivity index (χ1v) is 8.20. The highest BCUT2D eigenvalue weighted by atomic mass is 79.9.